The second-order valence-electron chi connectivity index (χ2n) is 10.7. The molecule has 1 saturated heterocycles. The third-order valence-electron chi connectivity index (χ3n) is 7.98. The molecule has 206 valence electrons. The van der Waals surface area contributed by atoms with Crippen molar-refractivity contribution in [2.24, 2.45) is 5.92 Å². The molecule has 0 aromatic heterocycles. The van der Waals surface area contributed by atoms with E-state index in [-0.39, 0.29) is 11.8 Å². The first-order chi connectivity index (χ1) is 18.2. The van der Waals surface area contributed by atoms with Crippen molar-refractivity contribution in [2.75, 3.05) is 19.1 Å². The number of hydrogen-bond donors (Lipinski definition) is 4. The number of benzene rings is 2. The van der Waals surface area contributed by atoms with Gasteiger partial charge in [0.1, 0.15) is 11.9 Å². The molecule has 8 nitrogen and oxygen atoms in total. The van der Waals surface area contributed by atoms with E-state index in [0.29, 0.717) is 24.0 Å². The Balaban J connectivity index is 0.000000505. The van der Waals surface area contributed by atoms with Crippen LogP contribution in [0.4, 0.5) is 5.69 Å². The van der Waals surface area contributed by atoms with E-state index in [9.17, 15) is 9.59 Å². The van der Waals surface area contributed by atoms with E-state index in [0.717, 1.165) is 36.4 Å². The Morgan fingerprint density at radius 2 is 1.92 bits per heavy atom. The zero-order valence-electron chi connectivity index (χ0n) is 22.8. The maximum Gasteiger partial charge on any atom is 0.332 e. The lowest BCUT2D eigenvalue weighted by Crippen LogP contribution is -2.50. The summed E-state index contributed by atoms with van der Waals surface area (Å²) >= 11 is 0. The molecule has 2 fully saturated rings. The number of methoxy groups -OCH3 is 1. The van der Waals surface area contributed by atoms with Gasteiger partial charge in [-0.2, -0.15) is 0 Å². The normalized spacial score (nSPS) is 26.4. The third kappa shape index (κ3) is 6.20. The van der Waals surface area contributed by atoms with E-state index in [1.54, 1.807) is 7.11 Å². The molecule has 3 aliphatic rings. The number of carboxylic acid groups (broad SMARTS) is 1. The number of rotatable bonds is 8. The van der Waals surface area contributed by atoms with Gasteiger partial charge in [0, 0.05) is 48.9 Å². The second kappa shape index (κ2) is 12.3. The van der Waals surface area contributed by atoms with Gasteiger partial charge in [-0.1, -0.05) is 43.7 Å². The summed E-state index contributed by atoms with van der Waals surface area (Å²) in [6.45, 7) is 4.18. The Morgan fingerprint density at radius 3 is 2.55 bits per heavy atom. The van der Waals surface area contributed by atoms with Crippen LogP contribution in [-0.2, 0) is 16.1 Å². The van der Waals surface area contributed by atoms with E-state index in [1.807, 2.05) is 11.9 Å². The number of carboxylic acids is 1. The SMILES string of the molecule is CC(O)C(=O)O.CCCC1CCC(NCc2cc3c(cc2OC)C2CC2C(=O)N3C)C(c2ccccc2)N1. The van der Waals surface area contributed by atoms with Crippen molar-refractivity contribution < 1.29 is 24.5 Å². The number of aliphatic hydroxyl groups excluding tert-OH is 1. The van der Waals surface area contributed by atoms with E-state index in [1.165, 1.54) is 37.3 Å². The summed E-state index contributed by atoms with van der Waals surface area (Å²) in [4.78, 5) is 23.8. The third-order valence-corrected chi connectivity index (χ3v) is 7.98. The Morgan fingerprint density at radius 1 is 1.21 bits per heavy atom. The fourth-order valence-electron chi connectivity index (χ4n) is 5.75. The van der Waals surface area contributed by atoms with E-state index in [4.69, 9.17) is 14.9 Å². The van der Waals surface area contributed by atoms with Crippen molar-refractivity contribution in [3.63, 3.8) is 0 Å². The second-order valence-corrected chi connectivity index (χ2v) is 10.7. The van der Waals surface area contributed by atoms with Crippen LogP contribution in [0.15, 0.2) is 42.5 Å². The number of piperidine rings is 1. The summed E-state index contributed by atoms with van der Waals surface area (Å²) in [5.74, 6) is 0.556. The van der Waals surface area contributed by atoms with Gasteiger partial charge >= 0.3 is 5.97 Å². The van der Waals surface area contributed by atoms with Gasteiger partial charge in [-0.3, -0.25) is 4.79 Å². The number of aliphatic carboxylic acids is 1. The number of aliphatic hydroxyl groups is 1. The van der Waals surface area contributed by atoms with Crippen molar-refractivity contribution >= 4 is 17.6 Å². The Bertz CT molecular complexity index is 1120. The number of amides is 1. The lowest BCUT2D eigenvalue weighted by atomic mass is 9.87. The number of carbonyl (C=O) groups excluding carboxylic acids is 1. The van der Waals surface area contributed by atoms with Gasteiger partial charge < -0.3 is 30.5 Å². The fourth-order valence-corrected chi connectivity index (χ4v) is 5.75. The molecule has 4 N–H and O–H groups in total. The lowest BCUT2D eigenvalue weighted by molar-refractivity contribution is -0.145. The van der Waals surface area contributed by atoms with Crippen LogP contribution in [0.5, 0.6) is 5.75 Å². The van der Waals surface area contributed by atoms with Crippen LogP contribution in [0, 0.1) is 5.92 Å². The zero-order valence-corrected chi connectivity index (χ0v) is 22.8. The van der Waals surface area contributed by atoms with Crippen molar-refractivity contribution in [2.45, 2.75) is 82.6 Å². The highest BCUT2D eigenvalue weighted by molar-refractivity contribution is 6.01. The van der Waals surface area contributed by atoms with Crippen LogP contribution in [0.1, 0.15) is 74.6 Å². The van der Waals surface area contributed by atoms with Crippen LogP contribution in [-0.4, -0.2) is 54.4 Å². The molecule has 1 aliphatic carbocycles. The summed E-state index contributed by atoms with van der Waals surface area (Å²) in [5, 5.41) is 23.5. The number of carbonyl (C=O) groups is 2. The largest absolute Gasteiger partial charge is 0.496 e. The first-order valence-corrected chi connectivity index (χ1v) is 13.7. The van der Waals surface area contributed by atoms with Gasteiger partial charge in [0.15, 0.2) is 0 Å². The summed E-state index contributed by atoms with van der Waals surface area (Å²) in [7, 11) is 3.65. The number of nitrogens with one attached hydrogen (secondary N) is 2. The van der Waals surface area contributed by atoms with Crippen molar-refractivity contribution in [3.8, 4) is 5.75 Å². The number of hydrogen-bond acceptors (Lipinski definition) is 6. The maximum atomic E-state index is 12.6. The molecular weight excluding hydrogens is 482 g/mol. The first kappa shape index (κ1) is 28.1. The minimum absolute atomic E-state index is 0.178. The average Bonchev–Trinajstić information content (AvgIpc) is 3.73. The van der Waals surface area contributed by atoms with Gasteiger partial charge in [0.2, 0.25) is 5.91 Å². The monoisotopic (exact) mass is 523 g/mol. The van der Waals surface area contributed by atoms with Crippen molar-refractivity contribution in [1.29, 1.82) is 0 Å². The smallest absolute Gasteiger partial charge is 0.332 e. The van der Waals surface area contributed by atoms with E-state index in [2.05, 4.69) is 60.0 Å². The molecule has 0 bridgehead atoms. The molecule has 2 aromatic carbocycles. The molecule has 0 radical (unpaired) electrons. The quantitative estimate of drug-likeness (QED) is 0.414. The number of nitrogens with zero attached hydrogens (tertiary/aromatic N) is 1. The molecular formula is C30H41N3O5. The van der Waals surface area contributed by atoms with Crippen molar-refractivity contribution in [1.82, 2.24) is 10.6 Å². The summed E-state index contributed by atoms with van der Waals surface area (Å²) < 4.78 is 5.78. The van der Waals surface area contributed by atoms with Gasteiger partial charge in [-0.25, -0.2) is 4.79 Å². The molecule has 8 heteroatoms. The summed E-state index contributed by atoms with van der Waals surface area (Å²) in [6, 6.07) is 16.3. The molecule has 6 unspecified atom stereocenters. The molecule has 2 aromatic rings. The van der Waals surface area contributed by atoms with Crippen LogP contribution in [0.3, 0.4) is 0 Å². The van der Waals surface area contributed by atoms with Crippen LogP contribution in [0.2, 0.25) is 0 Å². The maximum absolute atomic E-state index is 12.6. The number of ether oxygens (including phenoxy) is 1. The van der Waals surface area contributed by atoms with Gasteiger partial charge in [0.05, 0.1) is 7.11 Å². The highest BCUT2D eigenvalue weighted by atomic mass is 16.5. The number of anilines is 1. The van der Waals surface area contributed by atoms with Gasteiger partial charge in [-0.05, 0) is 61.8 Å². The van der Waals surface area contributed by atoms with E-state index < -0.39 is 12.1 Å². The fraction of sp³-hybridized carbons (Fsp3) is 0.533. The van der Waals surface area contributed by atoms with Crippen LogP contribution in [0.25, 0.3) is 0 Å². The zero-order chi connectivity index (χ0) is 27.4. The minimum atomic E-state index is -1.23. The molecule has 6 atom stereocenters. The molecule has 38 heavy (non-hydrogen) atoms. The van der Waals surface area contributed by atoms with E-state index >= 15 is 0 Å². The topological polar surface area (TPSA) is 111 Å². The Labute approximate surface area is 225 Å². The number of fused-ring (bicyclic) bond motifs is 3. The molecule has 1 saturated carbocycles. The standard InChI is InChI=1S/C27H35N3O2.C3H6O3/c1-4-8-19-11-12-23(26(29-19)17-9-6-5-7-10-17)28-16-18-13-24-21(15-25(18)32-3)20-14-22(20)27(31)30(24)2;1-2(4)3(5)6/h5-7,9-10,13,15,19-20,22-23,26,28-29H,4,8,11-12,14,16H2,1-3H3;2,4H,1H3,(H,5,6). The first-order valence-electron chi connectivity index (χ1n) is 13.7. The minimum Gasteiger partial charge on any atom is -0.496 e. The lowest BCUT2D eigenvalue weighted by Gasteiger charge is -2.39. The molecule has 2 aliphatic heterocycles. The highest BCUT2D eigenvalue weighted by Gasteiger charge is 2.50. The predicted molar refractivity (Wildman–Crippen MR) is 147 cm³/mol. The van der Waals surface area contributed by atoms with Gasteiger partial charge in [0.25, 0.3) is 0 Å². The van der Waals surface area contributed by atoms with Crippen LogP contribution < -0.4 is 20.3 Å². The predicted octanol–water partition coefficient (Wildman–Crippen LogP) is 3.98. The molecule has 5 rings (SSSR count). The Hall–Kier alpha value is -2.94. The molecule has 0 spiro atoms. The van der Waals surface area contributed by atoms with Gasteiger partial charge in [-0.15, -0.1) is 0 Å². The summed E-state index contributed by atoms with van der Waals surface area (Å²) in [5.41, 5.74) is 4.78. The van der Waals surface area contributed by atoms with Crippen LogP contribution >= 0.6 is 0 Å². The highest BCUT2D eigenvalue weighted by Crippen LogP contribution is 2.56. The Kier molecular flexibility index (Phi) is 9.07. The summed E-state index contributed by atoms with van der Waals surface area (Å²) in [6.07, 6.45) is 4.50. The average molecular weight is 524 g/mol. The van der Waals surface area contributed by atoms with Crippen molar-refractivity contribution in [3.05, 3.63) is 59.2 Å². The molecule has 2 heterocycles. The molecule has 1 amide bonds.